The number of nitrogens with one attached hydrogen (secondary N) is 1. The molecule has 0 unspecified atom stereocenters. The molecule has 2 heterocycles. The van der Waals surface area contributed by atoms with Crippen molar-refractivity contribution in [2.24, 2.45) is 0 Å². The third-order valence-corrected chi connectivity index (χ3v) is 6.25. The molecule has 2 aliphatic rings. The Morgan fingerprint density at radius 3 is 2.65 bits per heavy atom. The van der Waals surface area contributed by atoms with Crippen molar-refractivity contribution in [3.63, 3.8) is 0 Å². The molecule has 0 spiro atoms. The Morgan fingerprint density at radius 2 is 1.85 bits per heavy atom. The van der Waals surface area contributed by atoms with E-state index in [4.69, 9.17) is 4.74 Å². The summed E-state index contributed by atoms with van der Waals surface area (Å²) in [5, 5.41) is 0. The molecule has 1 N–H and O–H groups in total. The summed E-state index contributed by atoms with van der Waals surface area (Å²) in [5.41, 5.74) is 1.22. The van der Waals surface area contributed by atoms with Crippen LogP contribution in [-0.4, -0.2) is 38.9 Å². The van der Waals surface area contributed by atoms with Gasteiger partial charge in [0, 0.05) is 24.2 Å². The Hall–Kier alpha value is -2.38. The fraction of sp³-hybridized carbons (Fsp3) is 0.316. The molecule has 26 heavy (non-hydrogen) atoms. The normalized spacial score (nSPS) is 19.2. The van der Waals surface area contributed by atoms with E-state index in [1.54, 1.807) is 17.0 Å². The van der Waals surface area contributed by atoms with Crippen LogP contribution in [0.4, 0.5) is 0 Å². The number of carbonyl (C=O) groups excluding carboxylic acids is 1. The largest absolute Gasteiger partial charge is 0.491 e. The lowest BCUT2D eigenvalue weighted by atomic mass is 10.1. The third kappa shape index (κ3) is 3.20. The van der Waals surface area contributed by atoms with Crippen LogP contribution in [0.15, 0.2) is 53.4 Å². The summed E-state index contributed by atoms with van der Waals surface area (Å²) in [6.45, 7) is 1.71. The quantitative estimate of drug-likeness (QED) is 0.894. The molecule has 136 valence electrons. The second-order valence-electron chi connectivity index (χ2n) is 6.55. The molecule has 4 rings (SSSR count). The minimum Gasteiger partial charge on any atom is -0.491 e. The van der Waals surface area contributed by atoms with E-state index in [1.807, 2.05) is 24.3 Å². The lowest BCUT2D eigenvalue weighted by Crippen LogP contribution is -2.30. The Kier molecular flexibility index (Phi) is 4.42. The van der Waals surface area contributed by atoms with Crippen molar-refractivity contribution in [2.75, 3.05) is 19.7 Å². The zero-order valence-corrected chi connectivity index (χ0v) is 15.0. The number of hydrogen-bond donors (Lipinski definition) is 1. The zero-order chi connectivity index (χ0) is 18.1. The summed E-state index contributed by atoms with van der Waals surface area (Å²) in [6.07, 6.45) is 1.98. The smallest absolute Gasteiger partial charge is 0.253 e. The minimum absolute atomic E-state index is 0.0897. The average Bonchev–Trinajstić information content (AvgIpc) is 3.32. The fourth-order valence-corrected chi connectivity index (χ4v) is 4.66. The molecule has 1 saturated heterocycles. The van der Waals surface area contributed by atoms with E-state index in [0.717, 1.165) is 31.5 Å². The number of para-hydroxylation sites is 1. The van der Waals surface area contributed by atoms with Crippen LogP contribution in [0.2, 0.25) is 0 Å². The highest BCUT2D eigenvalue weighted by Crippen LogP contribution is 2.32. The number of fused-ring (bicyclic) bond motifs is 1. The van der Waals surface area contributed by atoms with Gasteiger partial charge in [0.25, 0.3) is 5.91 Å². The molecule has 0 saturated carbocycles. The fourth-order valence-electron chi connectivity index (χ4n) is 3.41. The lowest BCUT2D eigenvalue weighted by Gasteiger charge is -2.16. The number of hydrogen-bond acceptors (Lipinski definition) is 4. The lowest BCUT2D eigenvalue weighted by molar-refractivity contribution is 0.0792. The number of carbonyl (C=O) groups is 1. The van der Waals surface area contributed by atoms with Gasteiger partial charge >= 0.3 is 0 Å². The van der Waals surface area contributed by atoms with Crippen LogP contribution < -0.4 is 9.46 Å². The molecule has 0 bridgehead atoms. The predicted molar refractivity (Wildman–Crippen MR) is 96.6 cm³/mol. The van der Waals surface area contributed by atoms with Crippen LogP contribution in [0.25, 0.3) is 0 Å². The maximum atomic E-state index is 12.8. The van der Waals surface area contributed by atoms with Crippen LogP contribution in [0.5, 0.6) is 5.75 Å². The number of likely N-dealkylation sites (tertiary alicyclic amines) is 1. The summed E-state index contributed by atoms with van der Waals surface area (Å²) in [6, 6.07) is 13.2. The maximum absolute atomic E-state index is 12.8. The summed E-state index contributed by atoms with van der Waals surface area (Å²) in [7, 11) is -3.77. The van der Waals surface area contributed by atoms with E-state index in [0.29, 0.717) is 11.3 Å². The first-order valence-electron chi connectivity index (χ1n) is 8.68. The molecule has 1 amide bonds. The Balaban J connectivity index is 1.57. The number of amides is 1. The van der Waals surface area contributed by atoms with Gasteiger partial charge in [0.1, 0.15) is 12.4 Å². The van der Waals surface area contributed by atoms with Gasteiger partial charge in [0.2, 0.25) is 10.0 Å². The summed E-state index contributed by atoms with van der Waals surface area (Å²) < 4.78 is 33.8. The van der Waals surface area contributed by atoms with Crippen LogP contribution >= 0.6 is 0 Å². The number of ether oxygens (including phenoxy) is 1. The molecule has 0 aromatic heterocycles. The Morgan fingerprint density at radius 1 is 1.08 bits per heavy atom. The highest BCUT2D eigenvalue weighted by Gasteiger charge is 2.29. The van der Waals surface area contributed by atoms with Gasteiger partial charge in [-0.2, -0.15) is 0 Å². The molecule has 2 aromatic carbocycles. The minimum atomic E-state index is -3.77. The molecule has 6 nitrogen and oxygen atoms in total. The van der Waals surface area contributed by atoms with E-state index in [1.165, 1.54) is 12.1 Å². The summed E-state index contributed by atoms with van der Waals surface area (Å²) in [5.74, 6) is 0.576. The first kappa shape index (κ1) is 17.1. The van der Waals surface area contributed by atoms with Gasteiger partial charge in [-0.3, -0.25) is 4.79 Å². The first-order chi connectivity index (χ1) is 12.5. The van der Waals surface area contributed by atoms with Crippen LogP contribution in [0.1, 0.15) is 34.8 Å². The molecule has 0 radical (unpaired) electrons. The summed E-state index contributed by atoms with van der Waals surface area (Å²) in [4.78, 5) is 14.4. The monoisotopic (exact) mass is 372 g/mol. The Labute approximate surface area is 152 Å². The van der Waals surface area contributed by atoms with Crippen molar-refractivity contribution < 1.29 is 17.9 Å². The number of sulfonamides is 1. The number of nitrogens with zero attached hydrogens (tertiary/aromatic N) is 1. The molecular weight excluding hydrogens is 352 g/mol. The predicted octanol–water partition coefficient (Wildman–Crippen LogP) is 2.33. The molecule has 2 aliphatic heterocycles. The van der Waals surface area contributed by atoms with E-state index >= 15 is 0 Å². The van der Waals surface area contributed by atoms with Crippen molar-refractivity contribution >= 4 is 15.9 Å². The topological polar surface area (TPSA) is 75.7 Å². The Bertz CT molecular complexity index is 936. The summed E-state index contributed by atoms with van der Waals surface area (Å²) >= 11 is 0. The van der Waals surface area contributed by atoms with Gasteiger partial charge in [0.15, 0.2) is 0 Å². The molecule has 7 heteroatoms. The molecule has 2 aromatic rings. The van der Waals surface area contributed by atoms with Crippen molar-refractivity contribution in [3.8, 4) is 5.75 Å². The van der Waals surface area contributed by atoms with E-state index in [-0.39, 0.29) is 17.4 Å². The highest BCUT2D eigenvalue weighted by molar-refractivity contribution is 7.89. The number of rotatable bonds is 4. The van der Waals surface area contributed by atoms with Crippen molar-refractivity contribution in [1.82, 2.24) is 9.62 Å². The van der Waals surface area contributed by atoms with Gasteiger partial charge in [0.05, 0.1) is 10.9 Å². The van der Waals surface area contributed by atoms with Gasteiger partial charge in [-0.05, 0) is 37.1 Å². The highest BCUT2D eigenvalue weighted by atomic mass is 32.2. The van der Waals surface area contributed by atoms with E-state index in [9.17, 15) is 13.2 Å². The van der Waals surface area contributed by atoms with Crippen LogP contribution in [0, 0.1) is 0 Å². The molecule has 1 atom stereocenters. The van der Waals surface area contributed by atoms with Crippen molar-refractivity contribution in [1.29, 1.82) is 0 Å². The van der Waals surface area contributed by atoms with Crippen LogP contribution in [0.3, 0.4) is 0 Å². The van der Waals surface area contributed by atoms with Gasteiger partial charge < -0.3 is 9.64 Å². The maximum Gasteiger partial charge on any atom is 0.253 e. The second kappa shape index (κ2) is 6.74. The van der Waals surface area contributed by atoms with Gasteiger partial charge in [-0.15, -0.1) is 0 Å². The van der Waals surface area contributed by atoms with E-state index in [2.05, 4.69) is 4.72 Å². The van der Waals surface area contributed by atoms with E-state index < -0.39 is 16.1 Å². The molecule has 1 fully saturated rings. The SMILES string of the molecule is O=C(c1cccc(S(=O)(=O)N[C@@H]2COc3ccccc32)c1)N1CCCC1. The average molecular weight is 372 g/mol. The van der Waals surface area contributed by atoms with Gasteiger partial charge in [-0.1, -0.05) is 24.3 Å². The second-order valence-corrected chi connectivity index (χ2v) is 8.26. The van der Waals surface area contributed by atoms with Crippen LogP contribution in [-0.2, 0) is 10.0 Å². The van der Waals surface area contributed by atoms with Crippen molar-refractivity contribution in [3.05, 3.63) is 59.7 Å². The first-order valence-corrected chi connectivity index (χ1v) is 10.2. The molecule has 0 aliphatic carbocycles. The number of benzene rings is 2. The standard InChI is InChI=1S/C19H20N2O4S/c22-19(21-10-3-4-11-21)14-6-5-7-15(12-14)26(23,24)20-17-13-25-18-9-2-1-8-16(17)18/h1-2,5-9,12,17,20H,3-4,10-11,13H2/t17-/m1/s1. The third-order valence-electron chi connectivity index (χ3n) is 4.78. The zero-order valence-electron chi connectivity index (χ0n) is 14.2. The van der Waals surface area contributed by atoms with Gasteiger partial charge in [-0.25, -0.2) is 13.1 Å². The molecular formula is C19H20N2O4S. The van der Waals surface area contributed by atoms with Crippen molar-refractivity contribution in [2.45, 2.75) is 23.8 Å².